The lowest BCUT2D eigenvalue weighted by Crippen LogP contribution is -2.18. The van der Waals surface area contributed by atoms with Crippen LogP contribution in [0.2, 0.25) is 0 Å². The van der Waals surface area contributed by atoms with Gasteiger partial charge >= 0.3 is 12.1 Å². The maximum absolute atomic E-state index is 12.0. The minimum Gasteiger partial charge on any atom is -0.462 e. The molecule has 0 saturated carbocycles. The van der Waals surface area contributed by atoms with Crippen molar-refractivity contribution in [3.8, 4) is 0 Å². The van der Waals surface area contributed by atoms with Crippen molar-refractivity contribution in [2.45, 2.75) is 12.6 Å². The lowest BCUT2D eigenvalue weighted by Gasteiger charge is -2.17. The molecule has 0 aromatic heterocycles. The molecular formula is C12H15F3N2O2. The fourth-order valence-electron chi connectivity index (χ4n) is 1.44. The summed E-state index contributed by atoms with van der Waals surface area (Å²) in [6, 6.07) is 4.59. The van der Waals surface area contributed by atoms with Crippen LogP contribution in [-0.4, -0.2) is 32.8 Å². The summed E-state index contributed by atoms with van der Waals surface area (Å²) in [5.74, 6) is -0.819. The third-order valence-electron chi connectivity index (χ3n) is 2.34. The van der Waals surface area contributed by atoms with Crippen LogP contribution in [0.3, 0.4) is 0 Å². The van der Waals surface area contributed by atoms with Gasteiger partial charge in [-0.05, 0) is 18.2 Å². The number of ether oxygens (including phenoxy) is 1. The Hall–Kier alpha value is -1.92. The zero-order chi connectivity index (χ0) is 14.6. The van der Waals surface area contributed by atoms with E-state index in [-0.39, 0.29) is 5.56 Å². The van der Waals surface area contributed by atoms with Crippen LogP contribution in [0, 0.1) is 0 Å². The number of benzene rings is 1. The predicted octanol–water partition coefficient (Wildman–Crippen LogP) is 2.44. The number of rotatable bonds is 4. The molecule has 0 spiro atoms. The third-order valence-corrected chi connectivity index (χ3v) is 2.34. The molecule has 2 N–H and O–H groups in total. The number of nitrogens with zero attached hydrogens (tertiary/aromatic N) is 1. The Kier molecular flexibility index (Phi) is 4.63. The molecule has 0 saturated heterocycles. The molecule has 0 fully saturated rings. The lowest BCUT2D eigenvalue weighted by atomic mass is 10.1. The van der Waals surface area contributed by atoms with Crippen LogP contribution < -0.4 is 10.6 Å². The van der Waals surface area contributed by atoms with Crippen LogP contribution in [0.15, 0.2) is 18.2 Å². The number of hydrogen-bond donors (Lipinski definition) is 1. The van der Waals surface area contributed by atoms with Crippen molar-refractivity contribution < 1.29 is 22.7 Å². The van der Waals surface area contributed by atoms with E-state index in [9.17, 15) is 18.0 Å². The monoisotopic (exact) mass is 276 g/mol. The smallest absolute Gasteiger partial charge is 0.392 e. The van der Waals surface area contributed by atoms with Crippen molar-refractivity contribution in [2.75, 3.05) is 31.3 Å². The van der Waals surface area contributed by atoms with E-state index >= 15 is 0 Å². The van der Waals surface area contributed by atoms with E-state index in [0.717, 1.165) is 0 Å². The second-order valence-electron chi connectivity index (χ2n) is 4.17. The van der Waals surface area contributed by atoms with E-state index in [0.29, 0.717) is 11.4 Å². The first-order valence-corrected chi connectivity index (χ1v) is 5.51. The van der Waals surface area contributed by atoms with Crippen molar-refractivity contribution >= 4 is 17.3 Å². The van der Waals surface area contributed by atoms with Crippen LogP contribution in [-0.2, 0) is 4.74 Å². The number of nitrogens with two attached hydrogens (primary N) is 1. The average Bonchev–Trinajstić information content (AvgIpc) is 2.26. The van der Waals surface area contributed by atoms with E-state index in [2.05, 4.69) is 4.74 Å². The summed E-state index contributed by atoms with van der Waals surface area (Å²) < 4.78 is 40.5. The third kappa shape index (κ3) is 4.69. The number of nitrogen functional groups attached to an aromatic ring is 1. The molecule has 7 heteroatoms. The van der Waals surface area contributed by atoms with Gasteiger partial charge in [0, 0.05) is 19.8 Å². The van der Waals surface area contributed by atoms with Crippen molar-refractivity contribution in [2.24, 2.45) is 0 Å². The average molecular weight is 276 g/mol. The van der Waals surface area contributed by atoms with Gasteiger partial charge in [0.05, 0.1) is 17.7 Å². The normalized spacial score (nSPS) is 11.2. The quantitative estimate of drug-likeness (QED) is 0.678. The van der Waals surface area contributed by atoms with Crippen LogP contribution in [0.4, 0.5) is 24.5 Å². The van der Waals surface area contributed by atoms with Gasteiger partial charge in [0.25, 0.3) is 0 Å². The van der Waals surface area contributed by atoms with Crippen molar-refractivity contribution in [1.82, 2.24) is 0 Å². The van der Waals surface area contributed by atoms with Gasteiger partial charge in [-0.15, -0.1) is 0 Å². The molecule has 0 bridgehead atoms. The molecule has 1 rings (SSSR count). The molecule has 106 valence electrons. The number of carbonyl (C=O) groups excluding carboxylic acids is 1. The molecule has 0 atom stereocenters. The van der Waals surface area contributed by atoms with Gasteiger partial charge in [-0.1, -0.05) is 0 Å². The number of hydrogen-bond acceptors (Lipinski definition) is 4. The number of anilines is 2. The Bertz CT molecular complexity index is 459. The molecule has 0 aliphatic heterocycles. The molecule has 1 aromatic carbocycles. The summed E-state index contributed by atoms with van der Waals surface area (Å²) in [4.78, 5) is 13.4. The first kappa shape index (κ1) is 15.1. The maximum Gasteiger partial charge on any atom is 0.392 e. The van der Waals surface area contributed by atoms with Crippen molar-refractivity contribution in [1.29, 1.82) is 0 Å². The second-order valence-corrected chi connectivity index (χ2v) is 4.17. The molecule has 19 heavy (non-hydrogen) atoms. The van der Waals surface area contributed by atoms with E-state index in [1.54, 1.807) is 31.1 Å². The molecule has 0 radical (unpaired) electrons. The van der Waals surface area contributed by atoms with E-state index in [1.165, 1.54) is 6.07 Å². The predicted molar refractivity (Wildman–Crippen MR) is 66.1 cm³/mol. The Balaban J connectivity index is 2.79. The van der Waals surface area contributed by atoms with Gasteiger partial charge in [-0.2, -0.15) is 13.2 Å². The number of carbonyl (C=O) groups is 1. The highest BCUT2D eigenvalue weighted by Gasteiger charge is 2.27. The van der Waals surface area contributed by atoms with E-state index in [1.807, 2.05) is 0 Å². The summed E-state index contributed by atoms with van der Waals surface area (Å²) in [6.45, 7) is -0.704. The minimum absolute atomic E-state index is 0.146. The highest BCUT2D eigenvalue weighted by Crippen LogP contribution is 2.23. The van der Waals surface area contributed by atoms with Crippen molar-refractivity contribution in [3.05, 3.63) is 23.8 Å². The molecule has 0 aliphatic carbocycles. The molecule has 0 heterocycles. The number of alkyl halides is 3. The standard InChI is InChI=1S/C12H15F3N2O2/c1-17(2)10-4-3-8(16)7-9(10)11(18)19-6-5-12(13,14)15/h3-4,7H,5-6,16H2,1-2H3. The molecule has 1 aromatic rings. The largest absolute Gasteiger partial charge is 0.462 e. The van der Waals surface area contributed by atoms with Crippen LogP contribution >= 0.6 is 0 Å². The van der Waals surface area contributed by atoms with Crippen molar-refractivity contribution in [3.63, 3.8) is 0 Å². The topological polar surface area (TPSA) is 55.6 Å². The summed E-state index contributed by atoms with van der Waals surface area (Å²) in [6.07, 6.45) is -5.52. The molecule has 4 nitrogen and oxygen atoms in total. The van der Waals surface area contributed by atoms with E-state index < -0.39 is 25.2 Å². The first-order valence-electron chi connectivity index (χ1n) is 5.51. The van der Waals surface area contributed by atoms with Crippen LogP contribution in [0.5, 0.6) is 0 Å². The van der Waals surface area contributed by atoms with Crippen LogP contribution in [0.1, 0.15) is 16.8 Å². The Morgan fingerprint density at radius 1 is 1.37 bits per heavy atom. The molecule has 0 amide bonds. The van der Waals surface area contributed by atoms with E-state index in [4.69, 9.17) is 5.73 Å². The molecule has 0 unspecified atom stereocenters. The van der Waals surface area contributed by atoms with Crippen LogP contribution in [0.25, 0.3) is 0 Å². The van der Waals surface area contributed by atoms with Gasteiger partial charge in [-0.25, -0.2) is 4.79 Å². The second kappa shape index (κ2) is 5.81. The number of esters is 1. The Morgan fingerprint density at radius 2 is 2.00 bits per heavy atom. The fraction of sp³-hybridized carbons (Fsp3) is 0.417. The zero-order valence-electron chi connectivity index (χ0n) is 10.6. The van der Waals surface area contributed by atoms with Gasteiger partial charge in [0.2, 0.25) is 0 Å². The van der Waals surface area contributed by atoms with Gasteiger partial charge in [0.1, 0.15) is 6.61 Å². The fourth-order valence-corrected chi connectivity index (χ4v) is 1.44. The minimum atomic E-state index is -4.35. The summed E-state index contributed by atoms with van der Waals surface area (Å²) in [5, 5.41) is 0. The maximum atomic E-state index is 12.0. The highest BCUT2D eigenvalue weighted by atomic mass is 19.4. The first-order chi connectivity index (χ1) is 8.70. The highest BCUT2D eigenvalue weighted by molar-refractivity contribution is 5.96. The summed E-state index contributed by atoms with van der Waals surface area (Å²) in [7, 11) is 3.41. The number of halogens is 3. The zero-order valence-corrected chi connectivity index (χ0v) is 10.6. The van der Waals surface area contributed by atoms with Gasteiger partial charge in [0.15, 0.2) is 0 Å². The Labute approximate surface area is 108 Å². The van der Waals surface area contributed by atoms with Gasteiger partial charge < -0.3 is 15.4 Å². The summed E-state index contributed by atoms with van der Waals surface area (Å²) in [5.41, 5.74) is 6.58. The molecule has 0 aliphatic rings. The van der Waals surface area contributed by atoms with Gasteiger partial charge in [-0.3, -0.25) is 0 Å². The SMILES string of the molecule is CN(C)c1ccc(N)cc1C(=O)OCCC(F)(F)F. The summed E-state index contributed by atoms with van der Waals surface area (Å²) >= 11 is 0. The lowest BCUT2D eigenvalue weighted by molar-refractivity contribution is -0.141. The Morgan fingerprint density at radius 3 is 2.53 bits per heavy atom. The molecular weight excluding hydrogens is 261 g/mol.